The lowest BCUT2D eigenvalue weighted by molar-refractivity contribution is 0.325. The molecule has 0 aliphatic heterocycles. The first-order valence-electron chi connectivity index (χ1n) is 6.10. The smallest absolute Gasteiger partial charge is 0.234 e. The van der Waals surface area contributed by atoms with Crippen LogP contribution in [-0.2, 0) is 0 Å². The molecule has 0 amide bonds. The van der Waals surface area contributed by atoms with Crippen LogP contribution in [0.3, 0.4) is 0 Å². The van der Waals surface area contributed by atoms with Crippen LogP contribution in [0.2, 0.25) is 0 Å². The van der Waals surface area contributed by atoms with Gasteiger partial charge in [-0.05, 0) is 33.7 Å². The van der Waals surface area contributed by atoms with E-state index in [-0.39, 0.29) is 0 Å². The van der Waals surface area contributed by atoms with E-state index in [1.165, 1.54) is 0 Å². The zero-order valence-corrected chi connectivity index (χ0v) is 10.9. The van der Waals surface area contributed by atoms with Gasteiger partial charge in [0.05, 0.1) is 19.0 Å². The van der Waals surface area contributed by atoms with Crippen molar-refractivity contribution in [2.24, 2.45) is 5.73 Å². The van der Waals surface area contributed by atoms with Gasteiger partial charge in [-0.3, -0.25) is 4.98 Å². The molecule has 0 aromatic carbocycles. The molecule has 0 saturated carbocycles. The fourth-order valence-corrected chi connectivity index (χ4v) is 1.59. The van der Waals surface area contributed by atoms with Crippen molar-refractivity contribution in [3.05, 3.63) is 12.4 Å². The summed E-state index contributed by atoms with van der Waals surface area (Å²) in [5, 5.41) is 0. The molecule has 0 aliphatic rings. The molecule has 5 heteroatoms. The van der Waals surface area contributed by atoms with Gasteiger partial charge in [-0.2, -0.15) is 4.98 Å². The van der Waals surface area contributed by atoms with E-state index in [2.05, 4.69) is 28.7 Å². The molecule has 0 atom stereocenters. The highest BCUT2D eigenvalue weighted by Gasteiger charge is 2.12. The zero-order valence-electron chi connectivity index (χ0n) is 10.9. The van der Waals surface area contributed by atoms with Crippen molar-refractivity contribution in [3.8, 4) is 5.88 Å². The number of nitrogens with two attached hydrogens (primary N) is 1. The maximum Gasteiger partial charge on any atom is 0.234 e. The molecule has 0 radical (unpaired) electrons. The Bertz CT molecular complexity index is 330. The fourth-order valence-electron chi connectivity index (χ4n) is 1.59. The second-order valence-electron chi connectivity index (χ2n) is 4.08. The highest BCUT2D eigenvalue weighted by molar-refractivity contribution is 5.38. The van der Waals surface area contributed by atoms with Crippen LogP contribution in [0.15, 0.2) is 12.4 Å². The summed E-state index contributed by atoms with van der Waals surface area (Å²) in [5.74, 6) is 1.42. The van der Waals surface area contributed by atoms with Crippen LogP contribution in [-0.4, -0.2) is 35.7 Å². The van der Waals surface area contributed by atoms with Crippen molar-refractivity contribution in [2.45, 2.75) is 33.2 Å². The second kappa shape index (κ2) is 7.06. The Kier molecular flexibility index (Phi) is 5.69. The summed E-state index contributed by atoms with van der Waals surface area (Å²) in [6.45, 7) is 8.36. The van der Waals surface area contributed by atoms with Crippen molar-refractivity contribution in [3.63, 3.8) is 0 Å². The summed E-state index contributed by atoms with van der Waals surface area (Å²) in [7, 11) is 0. The third kappa shape index (κ3) is 4.19. The topological polar surface area (TPSA) is 64.3 Å². The maximum atomic E-state index is 5.55. The Morgan fingerprint density at radius 3 is 2.76 bits per heavy atom. The molecule has 1 aromatic heterocycles. The van der Waals surface area contributed by atoms with Crippen molar-refractivity contribution in [1.82, 2.24) is 9.97 Å². The first-order valence-corrected chi connectivity index (χ1v) is 6.10. The lowest BCUT2D eigenvalue weighted by Crippen LogP contribution is -2.33. The molecule has 0 saturated heterocycles. The molecule has 5 nitrogen and oxygen atoms in total. The summed E-state index contributed by atoms with van der Waals surface area (Å²) in [4.78, 5) is 10.8. The summed E-state index contributed by atoms with van der Waals surface area (Å²) in [5.41, 5.74) is 5.55. The molecule has 96 valence electrons. The van der Waals surface area contributed by atoms with E-state index in [9.17, 15) is 0 Å². The Morgan fingerprint density at radius 2 is 2.18 bits per heavy atom. The van der Waals surface area contributed by atoms with Crippen LogP contribution in [0.5, 0.6) is 5.88 Å². The van der Waals surface area contributed by atoms with E-state index in [1.807, 2.05) is 6.92 Å². The van der Waals surface area contributed by atoms with Crippen LogP contribution in [0.1, 0.15) is 27.2 Å². The molecular weight excluding hydrogens is 216 g/mol. The maximum absolute atomic E-state index is 5.55. The first kappa shape index (κ1) is 13.7. The van der Waals surface area contributed by atoms with Crippen molar-refractivity contribution in [2.75, 3.05) is 24.6 Å². The van der Waals surface area contributed by atoms with Gasteiger partial charge in [0, 0.05) is 12.6 Å². The number of aromatic nitrogens is 2. The molecule has 0 aliphatic carbocycles. The quantitative estimate of drug-likeness (QED) is 0.778. The third-order valence-electron chi connectivity index (χ3n) is 2.41. The SMILES string of the molecule is CCOc1cncc(N(CCCN)C(C)C)n1. The Balaban J connectivity index is 2.81. The number of hydrogen-bond acceptors (Lipinski definition) is 5. The Hall–Kier alpha value is -1.36. The van der Waals surface area contributed by atoms with Gasteiger partial charge in [-0.15, -0.1) is 0 Å². The van der Waals surface area contributed by atoms with Gasteiger partial charge in [0.1, 0.15) is 0 Å². The third-order valence-corrected chi connectivity index (χ3v) is 2.41. The summed E-state index contributed by atoms with van der Waals surface area (Å²) < 4.78 is 5.36. The first-order chi connectivity index (χ1) is 8.19. The van der Waals surface area contributed by atoms with Gasteiger partial charge in [-0.25, -0.2) is 0 Å². The molecule has 2 N–H and O–H groups in total. The predicted octanol–water partition coefficient (Wildman–Crippen LogP) is 1.44. The summed E-state index contributed by atoms with van der Waals surface area (Å²) in [6.07, 6.45) is 4.34. The number of nitrogens with zero attached hydrogens (tertiary/aromatic N) is 3. The van der Waals surface area contributed by atoms with Crippen molar-refractivity contribution < 1.29 is 4.74 Å². The van der Waals surface area contributed by atoms with E-state index in [0.717, 1.165) is 18.8 Å². The summed E-state index contributed by atoms with van der Waals surface area (Å²) >= 11 is 0. The zero-order chi connectivity index (χ0) is 12.7. The average Bonchev–Trinajstić information content (AvgIpc) is 2.30. The van der Waals surface area contributed by atoms with Gasteiger partial charge in [0.25, 0.3) is 0 Å². The standard InChI is InChI=1S/C12H22N4O/c1-4-17-12-9-14-8-11(15-12)16(10(2)3)7-5-6-13/h8-10H,4-7,13H2,1-3H3. The molecular formula is C12H22N4O. The van der Waals surface area contributed by atoms with Gasteiger partial charge in [-0.1, -0.05) is 0 Å². The van der Waals surface area contributed by atoms with E-state index in [4.69, 9.17) is 10.5 Å². The minimum Gasteiger partial charge on any atom is -0.477 e. The van der Waals surface area contributed by atoms with E-state index >= 15 is 0 Å². The minimum atomic E-state index is 0.368. The molecule has 0 unspecified atom stereocenters. The predicted molar refractivity (Wildman–Crippen MR) is 69.4 cm³/mol. The van der Waals surface area contributed by atoms with Crippen LogP contribution in [0.25, 0.3) is 0 Å². The van der Waals surface area contributed by atoms with E-state index < -0.39 is 0 Å². The molecule has 0 spiro atoms. The lowest BCUT2D eigenvalue weighted by atomic mass is 10.3. The molecule has 1 rings (SSSR count). The van der Waals surface area contributed by atoms with Crippen LogP contribution in [0.4, 0.5) is 5.82 Å². The Labute approximate surface area is 103 Å². The highest BCUT2D eigenvalue weighted by Crippen LogP contribution is 2.16. The van der Waals surface area contributed by atoms with Gasteiger partial charge in [0.2, 0.25) is 5.88 Å². The Morgan fingerprint density at radius 1 is 1.41 bits per heavy atom. The normalized spacial score (nSPS) is 10.6. The van der Waals surface area contributed by atoms with Crippen molar-refractivity contribution in [1.29, 1.82) is 0 Å². The minimum absolute atomic E-state index is 0.368. The average molecular weight is 238 g/mol. The largest absolute Gasteiger partial charge is 0.477 e. The molecule has 0 fully saturated rings. The van der Waals surface area contributed by atoms with Crippen LogP contribution in [0, 0.1) is 0 Å². The number of ether oxygens (including phenoxy) is 1. The highest BCUT2D eigenvalue weighted by atomic mass is 16.5. The second-order valence-corrected chi connectivity index (χ2v) is 4.08. The molecule has 1 heterocycles. The molecule has 0 bridgehead atoms. The number of hydrogen-bond donors (Lipinski definition) is 1. The van der Waals surface area contributed by atoms with Crippen LogP contribution >= 0.6 is 0 Å². The van der Waals surface area contributed by atoms with E-state index in [0.29, 0.717) is 25.1 Å². The van der Waals surface area contributed by atoms with Gasteiger partial charge in [0.15, 0.2) is 5.82 Å². The fraction of sp³-hybridized carbons (Fsp3) is 0.667. The number of rotatable bonds is 7. The van der Waals surface area contributed by atoms with E-state index in [1.54, 1.807) is 12.4 Å². The lowest BCUT2D eigenvalue weighted by Gasteiger charge is -2.27. The monoisotopic (exact) mass is 238 g/mol. The summed E-state index contributed by atoms with van der Waals surface area (Å²) in [6, 6.07) is 0.368. The van der Waals surface area contributed by atoms with Crippen LogP contribution < -0.4 is 15.4 Å². The van der Waals surface area contributed by atoms with Gasteiger partial charge >= 0.3 is 0 Å². The molecule has 17 heavy (non-hydrogen) atoms. The number of anilines is 1. The molecule has 1 aromatic rings. The van der Waals surface area contributed by atoms with Crippen molar-refractivity contribution >= 4 is 5.82 Å². The van der Waals surface area contributed by atoms with Gasteiger partial charge < -0.3 is 15.4 Å².